The lowest BCUT2D eigenvalue weighted by Crippen LogP contribution is -2.44. The van der Waals surface area contributed by atoms with E-state index in [0.29, 0.717) is 30.3 Å². The second kappa shape index (κ2) is 7.97. The van der Waals surface area contributed by atoms with Crippen molar-refractivity contribution in [1.82, 2.24) is 9.88 Å². The minimum Gasteiger partial charge on any atom is -0.493 e. The second-order valence-corrected chi connectivity index (χ2v) is 6.82. The van der Waals surface area contributed by atoms with Crippen molar-refractivity contribution in [2.45, 2.75) is 19.2 Å². The summed E-state index contributed by atoms with van der Waals surface area (Å²) in [5.74, 6) is 1.74. The van der Waals surface area contributed by atoms with Gasteiger partial charge in [0.2, 0.25) is 0 Å². The number of methoxy groups -OCH3 is 2. The highest BCUT2D eigenvalue weighted by atomic mass is 32.2. The second-order valence-electron chi connectivity index (χ2n) is 5.87. The quantitative estimate of drug-likeness (QED) is 0.840. The topological polar surface area (TPSA) is 67.2 Å². The van der Waals surface area contributed by atoms with E-state index >= 15 is 0 Å². The fourth-order valence-corrected chi connectivity index (χ4v) is 4.22. The smallest absolute Gasteiger partial charge is 0.175 e. The first-order chi connectivity index (χ1) is 12.6. The first-order valence-electron chi connectivity index (χ1n) is 8.41. The Morgan fingerprint density at radius 1 is 1.19 bits per heavy atom. The van der Waals surface area contributed by atoms with E-state index in [1.165, 1.54) is 0 Å². The van der Waals surface area contributed by atoms with Crippen molar-refractivity contribution in [2.24, 2.45) is 4.99 Å². The maximum atomic E-state index is 11.4. The molecule has 2 heterocycles. The number of aliphatic imine (C=N–C) groups is 1. The summed E-state index contributed by atoms with van der Waals surface area (Å²) in [6.45, 7) is 3.22. The van der Waals surface area contributed by atoms with Gasteiger partial charge in [0.25, 0.3) is 0 Å². The van der Waals surface area contributed by atoms with Gasteiger partial charge in [-0.2, -0.15) is 0 Å². The largest absolute Gasteiger partial charge is 0.493 e. The molecule has 1 N–H and O–H groups in total. The minimum absolute atomic E-state index is 0.505. The molecule has 138 valence electrons. The molecule has 1 aromatic carbocycles. The van der Waals surface area contributed by atoms with Crippen LogP contribution in [0.4, 0.5) is 0 Å². The van der Waals surface area contributed by atoms with Gasteiger partial charge in [0.15, 0.2) is 22.4 Å². The van der Waals surface area contributed by atoms with Crippen LogP contribution < -0.4 is 9.47 Å². The third kappa shape index (κ3) is 3.50. The van der Waals surface area contributed by atoms with Crippen LogP contribution in [0.25, 0.3) is 0 Å². The van der Waals surface area contributed by atoms with Crippen LogP contribution in [0.5, 0.6) is 11.5 Å². The third-order valence-electron chi connectivity index (χ3n) is 4.39. The van der Waals surface area contributed by atoms with E-state index in [9.17, 15) is 5.11 Å². The lowest BCUT2D eigenvalue weighted by atomic mass is 10.0. The first-order valence-corrected chi connectivity index (χ1v) is 9.39. The molecule has 7 heteroatoms. The summed E-state index contributed by atoms with van der Waals surface area (Å²) < 4.78 is 10.7. The summed E-state index contributed by atoms with van der Waals surface area (Å²) >= 11 is 1.56. The van der Waals surface area contributed by atoms with Gasteiger partial charge in [-0.1, -0.05) is 17.8 Å². The van der Waals surface area contributed by atoms with Crippen LogP contribution in [-0.4, -0.2) is 46.7 Å². The van der Waals surface area contributed by atoms with Crippen LogP contribution in [0.3, 0.4) is 0 Å². The van der Waals surface area contributed by atoms with E-state index in [1.54, 1.807) is 38.4 Å². The van der Waals surface area contributed by atoms with E-state index < -0.39 is 5.72 Å². The molecule has 0 bridgehead atoms. The lowest BCUT2D eigenvalue weighted by Gasteiger charge is -2.34. The molecule has 1 aromatic heterocycles. The average Bonchev–Trinajstić information content (AvgIpc) is 3.03. The molecule has 1 atom stereocenters. The van der Waals surface area contributed by atoms with Crippen LogP contribution >= 0.6 is 11.8 Å². The number of nitrogens with zero attached hydrogens (tertiary/aromatic N) is 3. The number of hydrogen-bond donors (Lipinski definition) is 1. The molecule has 1 fully saturated rings. The minimum atomic E-state index is -1.13. The van der Waals surface area contributed by atoms with E-state index in [-0.39, 0.29) is 0 Å². The number of pyridine rings is 1. The highest BCUT2D eigenvalue weighted by molar-refractivity contribution is 8.14. The summed E-state index contributed by atoms with van der Waals surface area (Å²) in [6.07, 6.45) is 3.52. The molecule has 0 spiro atoms. The Morgan fingerprint density at radius 3 is 2.58 bits per heavy atom. The molecule has 0 saturated carbocycles. The van der Waals surface area contributed by atoms with Crippen LogP contribution in [0, 0.1) is 0 Å². The molecular weight excluding hydrogens is 350 g/mol. The van der Waals surface area contributed by atoms with Crippen molar-refractivity contribution in [3.63, 3.8) is 0 Å². The zero-order chi connectivity index (χ0) is 18.6. The maximum absolute atomic E-state index is 11.4. The summed E-state index contributed by atoms with van der Waals surface area (Å²) in [7, 11) is 3.19. The highest BCUT2D eigenvalue weighted by Gasteiger charge is 2.44. The Bertz CT molecular complexity index is 785. The maximum Gasteiger partial charge on any atom is 0.175 e. The van der Waals surface area contributed by atoms with Gasteiger partial charge in [-0.3, -0.25) is 9.98 Å². The number of amidine groups is 1. The van der Waals surface area contributed by atoms with Crippen molar-refractivity contribution < 1.29 is 14.6 Å². The Morgan fingerprint density at radius 2 is 1.92 bits per heavy atom. The van der Waals surface area contributed by atoms with E-state index in [4.69, 9.17) is 14.5 Å². The van der Waals surface area contributed by atoms with Gasteiger partial charge in [-0.05, 0) is 36.8 Å². The Kier molecular flexibility index (Phi) is 5.68. The van der Waals surface area contributed by atoms with E-state index in [0.717, 1.165) is 16.3 Å². The van der Waals surface area contributed by atoms with Gasteiger partial charge in [0.1, 0.15) is 0 Å². The van der Waals surface area contributed by atoms with E-state index in [2.05, 4.69) is 4.98 Å². The van der Waals surface area contributed by atoms with Gasteiger partial charge in [-0.15, -0.1) is 0 Å². The van der Waals surface area contributed by atoms with Crippen molar-refractivity contribution in [1.29, 1.82) is 0 Å². The summed E-state index contributed by atoms with van der Waals surface area (Å²) in [4.78, 5) is 10.7. The molecular formula is C19H23N3O3S. The molecule has 1 saturated heterocycles. The molecule has 0 unspecified atom stereocenters. The highest BCUT2D eigenvalue weighted by Crippen LogP contribution is 2.41. The molecule has 1 aliphatic heterocycles. The molecule has 3 rings (SSSR count). The van der Waals surface area contributed by atoms with Gasteiger partial charge in [0.05, 0.1) is 26.5 Å². The Balaban J connectivity index is 1.88. The van der Waals surface area contributed by atoms with Gasteiger partial charge in [0, 0.05) is 24.5 Å². The number of ether oxygens (including phenoxy) is 2. The number of thioether (sulfide) groups is 1. The van der Waals surface area contributed by atoms with Crippen LogP contribution in [0.15, 0.2) is 47.7 Å². The zero-order valence-corrected chi connectivity index (χ0v) is 16.0. The SMILES string of the molecule is CCN1C(=NCc2ccncc2)SC[C@@]1(O)c1ccc(OC)c(OC)c1. The van der Waals surface area contributed by atoms with Crippen LogP contribution in [0.1, 0.15) is 18.1 Å². The number of benzene rings is 1. The van der Waals surface area contributed by atoms with Crippen LogP contribution in [0.2, 0.25) is 0 Å². The molecule has 0 aliphatic carbocycles. The van der Waals surface area contributed by atoms with Gasteiger partial charge in [-0.25, -0.2) is 0 Å². The third-order valence-corrected chi connectivity index (χ3v) is 5.54. The number of hydrogen-bond acceptors (Lipinski definition) is 6. The number of aromatic nitrogens is 1. The number of rotatable bonds is 6. The summed E-state index contributed by atoms with van der Waals surface area (Å²) in [5, 5.41) is 12.2. The van der Waals surface area contributed by atoms with Crippen molar-refractivity contribution in [3.05, 3.63) is 53.9 Å². The predicted molar refractivity (Wildman–Crippen MR) is 104 cm³/mol. The summed E-state index contributed by atoms with van der Waals surface area (Å²) in [5.41, 5.74) is 0.722. The molecule has 0 amide bonds. The fraction of sp³-hybridized carbons (Fsp3) is 0.368. The average molecular weight is 373 g/mol. The zero-order valence-electron chi connectivity index (χ0n) is 15.2. The monoisotopic (exact) mass is 373 g/mol. The van der Waals surface area contributed by atoms with Crippen molar-refractivity contribution in [3.8, 4) is 11.5 Å². The molecule has 2 aromatic rings. The van der Waals surface area contributed by atoms with Crippen LogP contribution in [-0.2, 0) is 12.3 Å². The standard InChI is InChI=1S/C19H23N3O3S/c1-4-22-18(21-12-14-7-9-20-10-8-14)26-13-19(22,23)15-5-6-16(24-2)17(11-15)25-3/h5-11,23H,4,12-13H2,1-3H3/t19-/m1/s1. The molecule has 6 nitrogen and oxygen atoms in total. The molecule has 26 heavy (non-hydrogen) atoms. The van der Waals surface area contributed by atoms with Crippen molar-refractivity contribution >= 4 is 16.9 Å². The van der Waals surface area contributed by atoms with Gasteiger partial charge < -0.3 is 19.5 Å². The predicted octanol–water partition coefficient (Wildman–Crippen LogP) is 2.87. The molecule has 1 aliphatic rings. The fourth-order valence-electron chi connectivity index (χ4n) is 2.98. The van der Waals surface area contributed by atoms with Crippen molar-refractivity contribution in [2.75, 3.05) is 26.5 Å². The Hall–Kier alpha value is -2.25. The van der Waals surface area contributed by atoms with E-state index in [1.807, 2.05) is 42.2 Å². The van der Waals surface area contributed by atoms with Gasteiger partial charge >= 0.3 is 0 Å². The summed E-state index contributed by atoms with van der Waals surface area (Å²) in [6, 6.07) is 9.40. The Labute approximate surface area is 157 Å². The molecule has 0 radical (unpaired) electrons. The number of aliphatic hydroxyl groups is 1. The first kappa shape index (κ1) is 18.5. The normalized spacial score (nSPS) is 21.2. The lowest BCUT2D eigenvalue weighted by molar-refractivity contribution is -0.0455.